The number of hydrogen-bond donors (Lipinski definition) is 1. The molecule has 0 bridgehead atoms. The van der Waals surface area contributed by atoms with E-state index < -0.39 is 5.24 Å². The topological polar surface area (TPSA) is 60.2 Å². The maximum absolute atomic E-state index is 12.7. The fourth-order valence-electron chi connectivity index (χ4n) is 2.93. The van der Waals surface area contributed by atoms with Crippen LogP contribution in [0.3, 0.4) is 0 Å². The van der Waals surface area contributed by atoms with Gasteiger partial charge < -0.3 is 5.73 Å². The highest BCUT2D eigenvalue weighted by atomic mass is 32.2. The van der Waals surface area contributed by atoms with E-state index in [2.05, 4.69) is 13.8 Å². The zero-order valence-electron chi connectivity index (χ0n) is 12.5. The van der Waals surface area contributed by atoms with E-state index in [1.54, 1.807) is 0 Å². The van der Waals surface area contributed by atoms with Crippen molar-refractivity contribution in [3.8, 4) is 10.4 Å². The van der Waals surface area contributed by atoms with Crippen LogP contribution in [0.25, 0.3) is 10.4 Å². The van der Waals surface area contributed by atoms with Gasteiger partial charge in [0.05, 0.1) is 4.21 Å². The number of Topliss-reactive ketones (excluding diaryl/α,β-unsaturated/α-hetero) is 1. The van der Waals surface area contributed by atoms with Gasteiger partial charge in [-0.1, -0.05) is 44.2 Å². The van der Waals surface area contributed by atoms with Crippen molar-refractivity contribution in [1.29, 1.82) is 0 Å². The number of thiophene rings is 1. The van der Waals surface area contributed by atoms with Crippen LogP contribution in [0.2, 0.25) is 0 Å². The number of carbonyl (C=O) groups is 2. The number of fused-ring (bicyclic) bond motifs is 1. The monoisotopic (exact) mass is 331 g/mol. The van der Waals surface area contributed by atoms with Gasteiger partial charge in [0.15, 0.2) is 5.78 Å². The summed E-state index contributed by atoms with van der Waals surface area (Å²) in [5.41, 5.74) is 8.08. The van der Waals surface area contributed by atoms with Crippen molar-refractivity contribution in [2.45, 2.75) is 30.9 Å². The molecule has 22 heavy (non-hydrogen) atoms. The first kappa shape index (κ1) is 15.3. The molecule has 1 aromatic heterocycles. The molecule has 0 unspecified atom stereocenters. The van der Waals surface area contributed by atoms with Crippen molar-refractivity contribution >= 4 is 34.1 Å². The average molecular weight is 331 g/mol. The Hall–Kier alpha value is -1.59. The van der Waals surface area contributed by atoms with Crippen molar-refractivity contribution in [2.24, 2.45) is 11.1 Å². The molecule has 3 nitrogen and oxygen atoms in total. The third kappa shape index (κ3) is 2.83. The molecule has 2 aromatic rings. The number of primary amides is 1. The van der Waals surface area contributed by atoms with Crippen LogP contribution in [0.5, 0.6) is 0 Å². The Labute approximate surface area is 137 Å². The Morgan fingerprint density at radius 3 is 2.55 bits per heavy atom. The first-order valence-electron chi connectivity index (χ1n) is 7.09. The minimum absolute atomic E-state index is 0.0773. The number of rotatable bonds is 2. The molecule has 1 amide bonds. The molecule has 0 fully saturated rings. The van der Waals surface area contributed by atoms with E-state index in [0.717, 1.165) is 44.0 Å². The van der Waals surface area contributed by atoms with E-state index in [4.69, 9.17) is 5.73 Å². The van der Waals surface area contributed by atoms with Gasteiger partial charge in [0.2, 0.25) is 0 Å². The van der Waals surface area contributed by atoms with E-state index in [1.165, 1.54) is 11.3 Å². The molecular formula is C17H17NO2S2. The van der Waals surface area contributed by atoms with Crippen LogP contribution >= 0.6 is 23.1 Å². The Morgan fingerprint density at radius 1 is 1.23 bits per heavy atom. The highest BCUT2D eigenvalue weighted by molar-refractivity contribution is 8.15. The summed E-state index contributed by atoms with van der Waals surface area (Å²) in [5, 5.41) is -0.431. The second kappa shape index (κ2) is 5.56. The number of carbonyl (C=O) groups excluding carboxylic acids is 2. The lowest BCUT2D eigenvalue weighted by Gasteiger charge is -2.29. The SMILES string of the molecule is CC1(C)CC(=O)c2c(-c3ccccc3)sc(SC(N)=O)c2C1. The molecule has 114 valence electrons. The molecule has 0 saturated heterocycles. The van der Waals surface area contributed by atoms with Gasteiger partial charge in [-0.25, -0.2) is 0 Å². The van der Waals surface area contributed by atoms with E-state index in [-0.39, 0.29) is 11.2 Å². The lowest BCUT2D eigenvalue weighted by molar-refractivity contribution is 0.0913. The summed E-state index contributed by atoms with van der Waals surface area (Å²) in [7, 11) is 0. The van der Waals surface area contributed by atoms with Crippen molar-refractivity contribution in [2.75, 3.05) is 0 Å². The summed E-state index contributed by atoms with van der Waals surface area (Å²) in [6.07, 6.45) is 1.34. The zero-order chi connectivity index (χ0) is 15.9. The summed E-state index contributed by atoms with van der Waals surface area (Å²) < 4.78 is 0.863. The summed E-state index contributed by atoms with van der Waals surface area (Å²) >= 11 is 2.54. The van der Waals surface area contributed by atoms with Crippen LogP contribution in [0.1, 0.15) is 36.2 Å². The van der Waals surface area contributed by atoms with E-state index >= 15 is 0 Å². The summed E-state index contributed by atoms with van der Waals surface area (Å²) in [4.78, 5) is 25.0. The highest BCUT2D eigenvalue weighted by Crippen LogP contribution is 2.48. The molecule has 0 aliphatic heterocycles. The lowest BCUT2D eigenvalue weighted by Crippen LogP contribution is -2.26. The zero-order valence-corrected chi connectivity index (χ0v) is 14.1. The van der Waals surface area contributed by atoms with Gasteiger partial charge in [0.25, 0.3) is 5.24 Å². The molecule has 1 aliphatic carbocycles. The molecule has 0 atom stereocenters. The molecule has 5 heteroatoms. The minimum atomic E-state index is -0.431. The maximum Gasteiger partial charge on any atom is 0.282 e. The van der Waals surface area contributed by atoms with Crippen LogP contribution in [0, 0.1) is 5.41 Å². The molecule has 1 aliphatic rings. The van der Waals surface area contributed by atoms with Gasteiger partial charge in [0.1, 0.15) is 0 Å². The van der Waals surface area contributed by atoms with Gasteiger partial charge in [-0.05, 0) is 34.7 Å². The smallest absolute Gasteiger partial charge is 0.282 e. The van der Waals surface area contributed by atoms with Crippen LogP contribution in [0.15, 0.2) is 34.5 Å². The van der Waals surface area contributed by atoms with Crippen LogP contribution in [0.4, 0.5) is 4.79 Å². The molecule has 3 rings (SSSR count). The first-order chi connectivity index (χ1) is 10.4. The van der Waals surface area contributed by atoms with E-state index in [0.29, 0.717) is 6.42 Å². The van der Waals surface area contributed by atoms with Gasteiger partial charge in [-0.3, -0.25) is 9.59 Å². The predicted octanol–water partition coefficient (Wildman–Crippen LogP) is 4.74. The second-order valence-electron chi connectivity index (χ2n) is 6.30. The Bertz CT molecular complexity index is 748. The van der Waals surface area contributed by atoms with Gasteiger partial charge in [-0.15, -0.1) is 11.3 Å². The number of thioether (sulfide) groups is 1. The Balaban J connectivity index is 2.19. The molecule has 2 N–H and O–H groups in total. The molecular weight excluding hydrogens is 314 g/mol. The van der Waals surface area contributed by atoms with Crippen LogP contribution < -0.4 is 5.73 Å². The standard InChI is InChI=1S/C17H17NO2S2/c1-17(2)8-11-13(12(19)9-17)14(10-6-4-3-5-7-10)21-15(11)22-16(18)20/h3-7H,8-9H2,1-2H3,(H2,18,20). The van der Waals surface area contributed by atoms with Crippen molar-refractivity contribution in [3.63, 3.8) is 0 Å². The lowest BCUT2D eigenvalue weighted by atomic mass is 9.74. The van der Waals surface area contributed by atoms with Gasteiger partial charge >= 0.3 is 0 Å². The number of ketones is 1. The largest absolute Gasteiger partial charge is 0.360 e. The molecule has 0 saturated carbocycles. The summed E-state index contributed by atoms with van der Waals surface area (Å²) in [6.45, 7) is 4.18. The second-order valence-corrected chi connectivity index (χ2v) is 8.59. The highest BCUT2D eigenvalue weighted by Gasteiger charge is 2.36. The van der Waals surface area contributed by atoms with Crippen molar-refractivity contribution in [1.82, 2.24) is 0 Å². The predicted molar refractivity (Wildman–Crippen MR) is 91.6 cm³/mol. The quantitative estimate of drug-likeness (QED) is 0.808. The fourth-order valence-corrected chi connectivity index (χ4v) is 5.15. The number of amides is 1. The maximum atomic E-state index is 12.7. The summed E-state index contributed by atoms with van der Waals surface area (Å²) in [5.74, 6) is 0.165. The number of benzene rings is 1. The molecule has 0 spiro atoms. The minimum Gasteiger partial charge on any atom is -0.360 e. The first-order valence-corrected chi connectivity index (χ1v) is 8.72. The molecule has 1 aromatic carbocycles. The van der Waals surface area contributed by atoms with Crippen LogP contribution in [-0.4, -0.2) is 11.0 Å². The van der Waals surface area contributed by atoms with Gasteiger partial charge in [0, 0.05) is 16.9 Å². The third-order valence-electron chi connectivity index (χ3n) is 3.77. The van der Waals surface area contributed by atoms with Crippen molar-refractivity contribution in [3.05, 3.63) is 41.5 Å². The fraction of sp³-hybridized carbons (Fsp3) is 0.294. The molecule has 0 radical (unpaired) electrons. The molecule has 1 heterocycles. The number of hydrogen-bond acceptors (Lipinski definition) is 4. The van der Waals surface area contributed by atoms with E-state index in [1.807, 2.05) is 30.3 Å². The van der Waals surface area contributed by atoms with Crippen molar-refractivity contribution < 1.29 is 9.59 Å². The van der Waals surface area contributed by atoms with Crippen LogP contribution in [-0.2, 0) is 6.42 Å². The summed E-state index contributed by atoms with van der Waals surface area (Å²) in [6, 6.07) is 9.86. The average Bonchev–Trinajstić information content (AvgIpc) is 2.76. The number of nitrogens with two attached hydrogens (primary N) is 1. The Kier molecular flexibility index (Phi) is 3.87. The van der Waals surface area contributed by atoms with E-state index in [9.17, 15) is 9.59 Å². The third-order valence-corrected chi connectivity index (χ3v) is 5.98. The Morgan fingerprint density at radius 2 is 1.91 bits per heavy atom. The normalized spacial score (nSPS) is 16.4. The van der Waals surface area contributed by atoms with Gasteiger partial charge in [-0.2, -0.15) is 0 Å².